The van der Waals surface area contributed by atoms with Crippen LogP contribution < -0.4 is 16.4 Å². The van der Waals surface area contributed by atoms with Gasteiger partial charge in [-0.25, -0.2) is 9.07 Å². The maximum Gasteiger partial charge on any atom is 0.418 e. The number of anilines is 1. The highest BCUT2D eigenvalue weighted by Crippen LogP contribution is 2.44. The van der Waals surface area contributed by atoms with E-state index in [-0.39, 0.29) is 16.8 Å². The number of phenols is 1. The molecule has 0 radical (unpaired) electrons. The molecule has 240 valence electrons. The molecule has 0 fully saturated rings. The number of nitrogens with two attached hydrogens (primary N) is 1. The molecule has 7 N–H and O–H groups in total. The van der Waals surface area contributed by atoms with Crippen LogP contribution in [0.1, 0.15) is 41.8 Å². The third kappa shape index (κ3) is 7.02. The quantitative estimate of drug-likeness (QED) is 0.137. The Morgan fingerprint density at radius 2 is 1.80 bits per heavy atom. The zero-order valence-corrected chi connectivity index (χ0v) is 24.6. The lowest BCUT2D eigenvalue weighted by molar-refractivity contribution is -0.260. The van der Waals surface area contributed by atoms with Gasteiger partial charge in [-0.05, 0) is 72.9 Å². The first-order chi connectivity index (χ1) is 21.0. The first-order valence-corrected chi connectivity index (χ1v) is 13.8. The van der Waals surface area contributed by atoms with Gasteiger partial charge in [-0.2, -0.15) is 18.3 Å². The first-order valence-electron chi connectivity index (χ1n) is 13.8. The van der Waals surface area contributed by atoms with Gasteiger partial charge in [-0.15, -0.1) is 0 Å². The number of aliphatic hydroxyl groups excluding tert-OH is 1. The molecule has 4 aromatic rings. The van der Waals surface area contributed by atoms with Crippen molar-refractivity contribution in [2.45, 2.75) is 50.4 Å². The number of alkyl halides is 3. The molecule has 0 bridgehead atoms. The van der Waals surface area contributed by atoms with Crippen molar-refractivity contribution in [1.29, 1.82) is 0 Å². The van der Waals surface area contributed by atoms with Crippen LogP contribution in [-0.4, -0.2) is 67.9 Å². The largest absolute Gasteiger partial charge is 0.508 e. The summed E-state index contributed by atoms with van der Waals surface area (Å²) in [7, 11) is 0. The number of carbonyl (C=O) groups excluding carboxylic acids is 2. The fourth-order valence-corrected chi connectivity index (χ4v) is 5.23. The minimum atomic E-state index is -5.10. The highest BCUT2D eigenvalue weighted by Gasteiger charge is 2.56. The highest BCUT2D eigenvalue weighted by molar-refractivity contribution is 5.98. The number of primary amides is 1. The second kappa shape index (κ2) is 12.4. The molecule has 0 saturated carbocycles. The average Bonchev–Trinajstić information content (AvgIpc) is 3.38. The SMILES string of the molecule is Cc1cc(NCC(O)(CC(C)(C)c2cc(F)ccc2O)C(F)(F)F)c2cnn(-c3cccc(C(=O)N[C@@H](CO)C(N)=O)c3)c2c1. The number of aromatic nitrogens is 2. The molecule has 0 aliphatic rings. The number of amides is 2. The molecule has 4 rings (SSSR count). The van der Waals surface area contributed by atoms with E-state index in [1.54, 1.807) is 31.2 Å². The highest BCUT2D eigenvalue weighted by atomic mass is 19.4. The number of nitrogens with zero attached hydrogens (tertiary/aromatic N) is 2. The molecule has 0 spiro atoms. The second-order valence-electron chi connectivity index (χ2n) is 11.6. The van der Waals surface area contributed by atoms with Gasteiger partial charge in [-0.3, -0.25) is 9.59 Å². The molecule has 1 heterocycles. The molecular weight excluding hydrogens is 598 g/mol. The lowest BCUT2D eigenvalue weighted by Crippen LogP contribution is -2.53. The van der Waals surface area contributed by atoms with Crippen LogP contribution in [0.5, 0.6) is 5.75 Å². The molecule has 45 heavy (non-hydrogen) atoms. The Kier molecular flexibility index (Phi) is 9.12. The number of fused-ring (bicyclic) bond motifs is 1. The van der Waals surface area contributed by atoms with Crippen molar-refractivity contribution in [3.05, 3.63) is 83.3 Å². The summed E-state index contributed by atoms with van der Waals surface area (Å²) in [5.41, 5.74) is 2.22. The Labute approximate surface area is 255 Å². The van der Waals surface area contributed by atoms with Crippen LogP contribution >= 0.6 is 0 Å². The molecule has 10 nitrogen and oxygen atoms in total. The number of carbonyl (C=O) groups is 2. The van der Waals surface area contributed by atoms with E-state index in [0.717, 1.165) is 18.2 Å². The van der Waals surface area contributed by atoms with Gasteiger partial charge in [-0.1, -0.05) is 19.9 Å². The monoisotopic (exact) mass is 631 g/mol. The molecular formula is C31H33F4N5O5. The fourth-order valence-electron chi connectivity index (χ4n) is 5.23. The molecule has 1 aromatic heterocycles. The Hall–Kier alpha value is -4.69. The van der Waals surface area contributed by atoms with E-state index in [0.29, 0.717) is 22.2 Å². The number of hydrogen-bond donors (Lipinski definition) is 6. The van der Waals surface area contributed by atoms with Crippen molar-refractivity contribution in [3.8, 4) is 11.4 Å². The number of phenolic OH excluding ortho intramolecular Hbond substituents is 1. The van der Waals surface area contributed by atoms with E-state index in [9.17, 15) is 42.5 Å². The van der Waals surface area contributed by atoms with E-state index in [4.69, 9.17) is 5.73 Å². The maximum absolute atomic E-state index is 14.4. The third-order valence-electron chi connectivity index (χ3n) is 7.54. The van der Waals surface area contributed by atoms with Gasteiger partial charge < -0.3 is 31.7 Å². The Morgan fingerprint density at radius 1 is 1.09 bits per heavy atom. The van der Waals surface area contributed by atoms with Crippen LogP contribution in [0.4, 0.5) is 23.2 Å². The summed E-state index contributed by atoms with van der Waals surface area (Å²) in [5.74, 6) is -2.72. The van der Waals surface area contributed by atoms with Crippen LogP contribution in [0.2, 0.25) is 0 Å². The van der Waals surface area contributed by atoms with Gasteiger partial charge in [0.05, 0.1) is 30.6 Å². The molecule has 2 atom stereocenters. The zero-order valence-electron chi connectivity index (χ0n) is 24.6. The summed E-state index contributed by atoms with van der Waals surface area (Å²) < 4.78 is 58.5. The number of halogens is 4. The second-order valence-corrected chi connectivity index (χ2v) is 11.6. The number of hydrogen-bond acceptors (Lipinski definition) is 7. The Bertz CT molecular complexity index is 1740. The van der Waals surface area contributed by atoms with Crippen LogP contribution in [-0.2, 0) is 10.2 Å². The molecule has 2 amide bonds. The molecule has 3 aromatic carbocycles. The third-order valence-corrected chi connectivity index (χ3v) is 7.54. The number of rotatable bonds is 11. The molecule has 0 aliphatic heterocycles. The lowest BCUT2D eigenvalue weighted by atomic mass is 9.74. The van der Waals surface area contributed by atoms with Crippen molar-refractivity contribution >= 4 is 28.4 Å². The van der Waals surface area contributed by atoms with E-state index in [2.05, 4.69) is 15.7 Å². The minimum Gasteiger partial charge on any atom is -0.508 e. The van der Waals surface area contributed by atoms with E-state index >= 15 is 0 Å². The van der Waals surface area contributed by atoms with Gasteiger partial charge in [0, 0.05) is 22.2 Å². The average molecular weight is 632 g/mol. The van der Waals surface area contributed by atoms with E-state index in [1.165, 1.54) is 36.9 Å². The van der Waals surface area contributed by atoms with Crippen molar-refractivity contribution in [3.63, 3.8) is 0 Å². The first kappa shape index (κ1) is 33.2. The summed E-state index contributed by atoms with van der Waals surface area (Å²) in [6, 6.07) is 11.2. The predicted molar refractivity (Wildman–Crippen MR) is 159 cm³/mol. The Balaban J connectivity index is 1.65. The van der Waals surface area contributed by atoms with Gasteiger partial charge in [0.2, 0.25) is 5.91 Å². The van der Waals surface area contributed by atoms with Crippen molar-refractivity contribution < 1.29 is 42.5 Å². The molecule has 0 saturated heterocycles. The summed E-state index contributed by atoms with van der Waals surface area (Å²) in [6.07, 6.45) is -4.58. The zero-order chi connectivity index (χ0) is 33.3. The number of aromatic hydroxyl groups is 1. The van der Waals surface area contributed by atoms with E-state index < -0.39 is 66.2 Å². The Morgan fingerprint density at radius 3 is 2.44 bits per heavy atom. The summed E-state index contributed by atoms with van der Waals surface area (Å²) in [5, 5.41) is 40.4. The van der Waals surface area contributed by atoms with Crippen molar-refractivity contribution in [1.82, 2.24) is 15.1 Å². The number of aliphatic hydroxyl groups is 2. The van der Waals surface area contributed by atoms with Gasteiger partial charge >= 0.3 is 6.18 Å². The molecule has 0 aliphatic carbocycles. The number of benzene rings is 3. The molecule has 14 heteroatoms. The van der Waals surface area contributed by atoms with Crippen LogP contribution in [0.25, 0.3) is 16.6 Å². The van der Waals surface area contributed by atoms with Gasteiger partial charge in [0.25, 0.3) is 5.91 Å². The van der Waals surface area contributed by atoms with Gasteiger partial charge in [0.1, 0.15) is 17.6 Å². The summed E-state index contributed by atoms with van der Waals surface area (Å²) >= 11 is 0. The van der Waals surface area contributed by atoms with Crippen LogP contribution in [0.3, 0.4) is 0 Å². The minimum absolute atomic E-state index is 0.0817. The smallest absolute Gasteiger partial charge is 0.418 e. The fraction of sp³-hybridized carbons (Fsp3) is 0.323. The summed E-state index contributed by atoms with van der Waals surface area (Å²) in [4.78, 5) is 24.1. The number of aryl methyl sites for hydroxylation is 1. The summed E-state index contributed by atoms with van der Waals surface area (Å²) in [6.45, 7) is 2.81. The van der Waals surface area contributed by atoms with Gasteiger partial charge in [0.15, 0.2) is 5.60 Å². The maximum atomic E-state index is 14.4. The van der Waals surface area contributed by atoms with Crippen molar-refractivity contribution in [2.75, 3.05) is 18.5 Å². The number of nitrogens with one attached hydrogen (secondary N) is 2. The normalized spacial score (nSPS) is 14.2. The standard InChI is InChI=1S/C31H33F4N5O5/c1-17-9-23(37-16-30(45,31(33,34)35)15-29(2,3)22-12-19(32)7-8-26(22)42)21-13-38-40(25(21)10-17)20-6-4-5-18(11-20)28(44)39-24(14-41)27(36)43/h4-13,24,37,41-42,45H,14-16H2,1-3H3,(H2,36,43)(H,39,44)/t24-,30?/m0/s1. The predicted octanol–water partition coefficient (Wildman–Crippen LogP) is 3.83. The topological polar surface area (TPSA) is 163 Å². The van der Waals surface area contributed by atoms with Crippen molar-refractivity contribution in [2.24, 2.45) is 5.73 Å². The van der Waals surface area contributed by atoms with Crippen LogP contribution in [0.15, 0.2) is 60.8 Å². The van der Waals surface area contributed by atoms with E-state index in [1.807, 2.05) is 0 Å². The lowest BCUT2D eigenvalue weighted by Gasteiger charge is -2.38. The molecule has 1 unspecified atom stereocenters. The van der Waals surface area contributed by atoms with Crippen LogP contribution in [0, 0.1) is 12.7 Å².